The van der Waals surface area contributed by atoms with Crippen LogP contribution < -0.4 is 5.32 Å². The first-order valence-corrected chi connectivity index (χ1v) is 11.4. The van der Waals surface area contributed by atoms with Crippen molar-refractivity contribution in [3.05, 3.63) is 29.8 Å². The van der Waals surface area contributed by atoms with Crippen molar-refractivity contribution < 1.29 is 19.4 Å². The van der Waals surface area contributed by atoms with Gasteiger partial charge in [0, 0.05) is 52.4 Å². The number of nitrogens with zero attached hydrogens (tertiary/aromatic N) is 2. The van der Waals surface area contributed by atoms with Crippen molar-refractivity contribution in [2.24, 2.45) is 11.8 Å². The van der Waals surface area contributed by atoms with E-state index in [9.17, 15) is 9.90 Å². The lowest BCUT2D eigenvalue weighted by molar-refractivity contribution is -0.128. The smallest absolute Gasteiger partial charge is 0.224 e. The Labute approximate surface area is 179 Å². The number of rotatable bonds is 7. The predicted molar refractivity (Wildman–Crippen MR) is 114 cm³/mol. The number of amides is 1. The minimum atomic E-state index is 0.00306. The number of phenols is 1. The van der Waals surface area contributed by atoms with Crippen LogP contribution in [-0.2, 0) is 20.8 Å². The third-order valence-corrected chi connectivity index (χ3v) is 6.47. The molecule has 1 amide bonds. The van der Waals surface area contributed by atoms with Gasteiger partial charge in [-0.05, 0) is 42.9 Å². The maximum absolute atomic E-state index is 13.0. The third-order valence-electron chi connectivity index (χ3n) is 6.47. The predicted octanol–water partition coefficient (Wildman–Crippen LogP) is 1.46. The first kappa shape index (κ1) is 21.6. The quantitative estimate of drug-likeness (QED) is 0.700. The van der Waals surface area contributed by atoms with Crippen molar-refractivity contribution >= 4 is 5.91 Å². The number of hydrogen-bond acceptors (Lipinski definition) is 6. The second kappa shape index (κ2) is 10.6. The van der Waals surface area contributed by atoms with E-state index >= 15 is 0 Å². The average Bonchev–Trinajstić information content (AvgIpc) is 3.28. The van der Waals surface area contributed by atoms with Gasteiger partial charge >= 0.3 is 0 Å². The molecule has 4 rings (SSSR count). The van der Waals surface area contributed by atoms with Gasteiger partial charge in [0.05, 0.1) is 25.2 Å². The molecule has 0 saturated carbocycles. The number of ether oxygens (including phenoxy) is 2. The molecule has 2 N–H and O–H groups in total. The summed E-state index contributed by atoms with van der Waals surface area (Å²) in [4.78, 5) is 17.8. The molecular formula is C23H35N3O4. The van der Waals surface area contributed by atoms with E-state index in [-0.39, 0.29) is 23.7 Å². The fraction of sp³-hybridized carbons (Fsp3) is 0.696. The molecule has 3 fully saturated rings. The highest BCUT2D eigenvalue weighted by Gasteiger charge is 2.33. The number of nitrogens with one attached hydrogen (secondary N) is 1. The second-order valence-electron chi connectivity index (χ2n) is 8.95. The standard InChI is InChI=1S/C23H35N3O4/c27-21-5-3-18(4-6-21)14-26-16-19(15-25-7-10-29-11-8-25)12-20(17-26)23(28)24-13-22-2-1-9-30-22/h3-6,19-20,22,27H,1-2,7-17H2,(H,24,28)/t19-,20-,22-/m1/s1. The van der Waals surface area contributed by atoms with E-state index < -0.39 is 0 Å². The molecule has 0 spiro atoms. The highest BCUT2D eigenvalue weighted by molar-refractivity contribution is 5.79. The van der Waals surface area contributed by atoms with Crippen LogP contribution in [-0.4, -0.2) is 86.0 Å². The first-order valence-electron chi connectivity index (χ1n) is 11.4. The number of aromatic hydroxyl groups is 1. The minimum Gasteiger partial charge on any atom is -0.508 e. The molecule has 3 atom stereocenters. The van der Waals surface area contributed by atoms with Crippen LogP contribution in [0, 0.1) is 11.8 Å². The van der Waals surface area contributed by atoms with Gasteiger partial charge < -0.3 is 19.9 Å². The Bertz CT molecular complexity index is 672. The van der Waals surface area contributed by atoms with Crippen LogP contribution in [0.5, 0.6) is 5.75 Å². The van der Waals surface area contributed by atoms with Crippen LogP contribution in [0.15, 0.2) is 24.3 Å². The van der Waals surface area contributed by atoms with Crippen LogP contribution in [0.3, 0.4) is 0 Å². The first-order chi connectivity index (χ1) is 14.7. The van der Waals surface area contributed by atoms with E-state index in [1.807, 2.05) is 12.1 Å². The number of carbonyl (C=O) groups is 1. The van der Waals surface area contributed by atoms with Crippen molar-refractivity contribution in [3.63, 3.8) is 0 Å². The summed E-state index contributed by atoms with van der Waals surface area (Å²) in [5, 5.41) is 12.7. The fourth-order valence-electron chi connectivity index (χ4n) is 4.93. The maximum Gasteiger partial charge on any atom is 0.224 e. The number of hydrogen-bond donors (Lipinski definition) is 2. The normalized spacial score (nSPS) is 28.5. The summed E-state index contributed by atoms with van der Waals surface area (Å²) in [5.41, 5.74) is 1.17. The summed E-state index contributed by atoms with van der Waals surface area (Å²) >= 11 is 0. The number of benzene rings is 1. The Morgan fingerprint density at radius 1 is 1.10 bits per heavy atom. The number of carbonyl (C=O) groups excluding carboxylic acids is 1. The van der Waals surface area contributed by atoms with Crippen LogP contribution in [0.4, 0.5) is 0 Å². The Morgan fingerprint density at radius 3 is 2.63 bits per heavy atom. The molecular weight excluding hydrogens is 382 g/mol. The summed E-state index contributed by atoms with van der Waals surface area (Å²) in [6.07, 6.45) is 3.24. The zero-order chi connectivity index (χ0) is 20.8. The summed E-state index contributed by atoms with van der Waals surface area (Å²) in [6.45, 7) is 8.58. The van der Waals surface area contributed by atoms with Gasteiger partial charge in [0.15, 0.2) is 0 Å². The lowest BCUT2D eigenvalue weighted by atomic mass is 9.87. The Kier molecular flexibility index (Phi) is 7.60. The van der Waals surface area contributed by atoms with E-state index in [0.717, 1.165) is 78.4 Å². The lowest BCUT2D eigenvalue weighted by Crippen LogP contribution is -2.50. The molecule has 3 saturated heterocycles. The van der Waals surface area contributed by atoms with Crippen LogP contribution in [0.2, 0.25) is 0 Å². The molecule has 1 aromatic carbocycles. The zero-order valence-corrected chi connectivity index (χ0v) is 17.8. The van der Waals surface area contributed by atoms with Crippen LogP contribution in [0.1, 0.15) is 24.8 Å². The molecule has 0 aromatic heterocycles. The SMILES string of the molecule is O=C(NC[C@H]1CCCO1)[C@@H]1C[C@H](CN2CCOCC2)CN(Cc2ccc(O)cc2)C1. The molecule has 3 heterocycles. The number of piperidine rings is 1. The summed E-state index contributed by atoms with van der Waals surface area (Å²) in [7, 11) is 0. The summed E-state index contributed by atoms with van der Waals surface area (Å²) in [6, 6.07) is 7.40. The summed E-state index contributed by atoms with van der Waals surface area (Å²) in [5.74, 6) is 0.914. The van der Waals surface area contributed by atoms with E-state index in [4.69, 9.17) is 9.47 Å². The van der Waals surface area contributed by atoms with E-state index in [1.54, 1.807) is 12.1 Å². The number of phenolic OH excluding ortho intramolecular Hbond substituents is 1. The monoisotopic (exact) mass is 417 g/mol. The molecule has 30 heavy (non-hydrogen) atoms. The van der Waals surface area contributed by atoms with Gasteiger partial charge in [0.2, 0.25) is 5.91 Å². The van der Waals surface area contributed by atoms with Crippen molar-refractivity contribution in [3.8, 4) is 5.75 Å². The fourth-order valence-corrected chi connectivity index (χ4v) is 4.93. The van der Waals surface area contributed by atoms with Gasteiger partial charge in [-0.2, -0.15) is 0 Å². The van der Waals surface area contributed by atoms with Crippen molar-refractivity contribution in [1.82, 2.24) is 15.1 Å². The molecule has 3 aliphatic rings. The van der Waals surface area contributed by atoms with E-state index in [0.29, 0.717) is 12.5 Å². The molecule has 0 bridgehead atoms. The molecule has 3 aliphatic heterocycles. The van der Waals surface area contributed by atoms with Crippen LogP contribution >= 0.6 is 0 Å². The minimum absolute atomic E-state index is 0.00306. The van der Waals surface area contributed by atoms with E-state index in [1.165, 1.54) is 5.56 Å². The van der Waals surface area contributed by atoms with Crippen molar-refractivity contribution in [2.45, 2.75) is 31.9 Å². The maximum atomic E-state index is 13.0. The molecule has 7 heteroatoms. The Hall–Kier alpha value is -1.67. The number of likely N-dealkylation sites (tertiary alicyclic amines) is 1. The van der Waals surface area contributed by atoms with Gasteiger partial charge in [-0.1, -0.05) is 12.1 Å². The Balaban J connectivity index is 1.37. The Morgan fingerprint density at radius 2 is 1.90 bits per heavy atom. The largest absolute Gasteiger partial charge is 0.508 e. The van der Waals surface area contributed by atoms with Crippen molar-refractivity contribution in [1.29, 1.82) is 0 Å². The zero-order valence-electron chi connectivity index (χ0n) is 17.8. The van der Waals surface area contributed by atoms with Crippen LogP contribution in [0.25, 0.3) is 0 Å². The van der Waals surface area contributed by atoms with Gasteiger partial charge in [-0.15, -0.1) is 0 Å². The molecule has 0 unspecified atom stereocenters. The van der Waals surface area contributed by atoms with Crippen molar-refractivity contribution in [2.75, 3.05) is 59.1 Å². The third kappa shape index (κ3) is 6.17. The van der Waals surface area contributed by atoms with Gasteiger partial charge in [0.25, 0.3) is 0 Å². The molecule has 0 radical (unpaired) electrons. The van der Waals surface area contributed by atoms with Gasteiger partial charge in [-0.25, -0.2) is 0 Å². The molecule has 166 valence electrons. The topological polar surface area (TPSA) is 74.3 Å². The molecule has 0 aliphatic carbocycles. The lowest BCUT2D eigenvalue weighted by Gasteiger charge is -2.40. The summed E-state index contributed by atoms with van der Waals surface area (Å²) < 4.78 is 11.1. The average molecular weight is 418 g/mol. The van der Waals surface area contributed by atoms with E-state index in [2.05, 4.69) is 15.1 Å². The second-order valence-corrected chi connectivity index (χ2v) is 8.95. The number of morpholine rings is 1. The molecule has 1 aromatic rings. The highest BCUT2D eigenvalue weighted by Crippen LogP contribution is 2.25. The molecule has 7 nitrogen and oxygen atoms in total. The van der Waals surface area contributed by atoms with Gasteiger partial charge in [-0.3, -0.25) is 14.6 Å². The van der Waals surface area contributed by atoms with Gasteiger partial charge in [0.1, 0.15) is 5.75 Å². The highest BCUT2D eigenvalue weighted by atomic mass is 16.5.